The summed E-state index contributed by atoms with van der Waals surface area (Å²) in [4.78, 5) is 14.4. The molecule has 0 radical (unpaired) electrons. The van der Waals surface area contributed by atoms with Crippen LogP contribution in [0.5, 0.6) is 0 Å². The van der Waals surface area contributed by atoms with Gasteiger partial charge in [0.2, 0.25) is 0 Å². The second-order valence-corrected chi connectivity index (χ2v) is 6.07. The number of carbonyl (C=O) groups is 1. The molecule has 1 aliphatic heterocycles. The highest BCUT2D eigenvalue weighted by atomic mass is 16.3. The minimum atomic E-state index is -0.609. The maximum Gasteiger partial charge on any atom is 0.251 e. The van der Waals surface area contributed by atoms with E-state index in [1.54, 1.807) is 30.4 Å². The van der Waals surface area contributed by atoms with Gasteiger partial charge in [0.1, 0.15) is 0 Å². The highest BCUT2D eigenvalue weighted by molar-refractivity contribution is 5.96. The molecule has 4 heteroatoms. The van der Waals surface area contributed by atoms with Gasteiger partial charge in [-0.05, 0) is 23.6 Å². The minimum Gasteiger partial charge on any atom is -0.390 e. The van der Waals surface area contributed by atoms with Gasteiger partial charge in [-0.3, -0.25) is 9.69 Å². The van der Waals surface area contributed by atoms with Crippen molar-refractivity contribution in [2.75, 3.05) is 19.6 Å². The standard InChI is InChI=1S/C21H26N2O2/c1-3-5-9-18(8-4-2)21(25)22-14-20(24)16-23-13-12-17-10-6-7-11-19(17)15-23/h3-11,20,24H,1-2,12-16H2,(H,22,25)/b9-5-,18-8+/t20-/m1/s1. The summed E-state index contributed by atoms with van der Waals surface area (Å²) in [6, 6.07) is 8.40. The third-order valence-electron chi connectivity index (χ3n) is 4.15. The number of amides is 1. The number of hydrogen-bond acceptors (Lipinski definition) is 3. The van der Waals surface area contributed by atoms with Crippen molar-refractivity contribution in [1.29, 1.82) is 0 Å². The Balaban J connectivity index is 1.82. The molecule has 0 unspecified atom stereocenters. The van der Waals surface area contributed by atoms with Crippen molar-refractivity contribution in [2.24, 2.45) is 0 Å². The van der Waals surface area contributed by atoms with Crippen LogP contribution in [0.2, 0.25) is 0 Å². The van der Waals surface area contributed by atoms with E-state index in [4.69, 9.17) is 0 Å². The van der Waals surface area contributed by atoms with E-state index in [9.17, 15) is 9.90 Å². The van der Waals surface area contributed by atoms with Gasteiger partial charge in [0, 0.05) is 31.8 Å². The van der Waals surface area contributed by atoms with Gasteiger partial charge >= 0.3 is 0 Å². The Kier molecular flexibility index (Phi) is 7.38. The van der Waals surface area contributed by atoms with Gasteiger partial charge in [0.05, 0.1) is 6.10 Å². The molecule has 25 heavy (non-hydrogen) atoms. The van der Waals surface area contributed by atoms with Crippen LogP contribution in [0.15, 0.2) is 73.4 Å². The Labute approximate surface area is 149 Å². The van der Waals surface area contributed by atoms with Gasteiger partial charge in [0.25, 0.3) is 5.91 Å². The van der Waals surface area contributed by atoms with E-state index in [1.165, 1.54) is 11.1 Å². The molecule has 1 aromatic rings. The van der Waals surface area contributed by atoms with Crippen molar-refractivity contribution in [2.45, 2.75) is 19.1 Å². The molecule has 0 aliphatic carbocycles. The zero-order chi connectivity index (χ0) is 18.1. The lowest BCUT2D eigenvalue weighted by Gasteiger charge is -2.30. The van der Waals surface area contributed by atoms with Crippen LogP contribution in [0.3, 0.4) is 0 Å². The summed E-state index contributed by atoms with van der Waals surface area (Å²) in [5.41, 5.74) is 3.18. The number of nitrogens with zero attached hydrogens (tertiary/aromatic N) is 1. The SMILES string of the molecule is C=C/C=C\C(=C/C=C)C(=O)NC[C@@H](O)CN1CCc2ccccc2C1. The van der Waals surface area contributed by atoms with Crippen molar-refractivity contribution in [3.63, 3.8) is 0 Å². The molecule has 1 aliphatic rings. The molecule has 0 spiro atoms. The summed E-state index contributed by atoms with van der Waals surface area (Å²) in [5.74, 6) is -0.235. The predicted molar refractivity (Wildman–Crippen MR) is 102 cm³/mol. The number of nitrogens with one attached hydrogen (secondary N) is 1. The fraction of sp³-hybridized carbons (Fsp3) is 0.286. The molecule has 1 atom stereocenters. The molecule has 0 fully saturated rings. The molecule has 1 heterocycles. The number of benzene rings is 1. The largest absolute Gasteiger partial charge is 0.390 e. The highest BCUT2D eigenvalue weighted by Gasteiger charge is 2.18. The number of aliphatic hydroxyl groups excluding tert-OH is 1. The van der Waals surface area contributed by atoms with Crippen molar-refractivity contribution >= 4 is 5.91 Å². The summed E-state index contributed by atoms with van der Waals surface area (Å²) in [6.07, 6.45) is 8.53. The maximum absolute atomic E-state index is 12.2. The van der Waals surface area contributed by atoms with Gasteiger partial charge < -0.3 is 10.4 Å². The van der Waals surface area contributed by atoms with E-state index in [-0.39, 0.29) is 12.5 Å². The van der Waals surface area contributed by atoms with Crippen molar-refractivity contribution in [1.82, 2.24) is 10.2 Å². The fourth-order valence-electron chi connectivity index (χ4n) is 2.89. The Morgan fingerprint density at radius 3 is 2.76 bits per heavy atom. The lowest BCUT2D eigenvalue weighted by Crippen LogP contribution is -2.42. The van der Waals surface area contributed by atoms with Crippen LogP contribution in [0.1, 0.15) is 11.1 Å². The van der Waals surface area contributed by atoms with Gasteiger partial charge in [-0.1, -0.05) is 61.7 Å². The molecule has 2 N–H and O–H groups in total. The number of allylic oxidation sites excluding steroid dienone is 4. The average molecular weight is 338 g/mol. The Morgan fingerprint density at radius 2 is 2.04 bits per heavy atom. The average Bonchev–Trinajstić information content (AvgIpc) is 2.63. The summed E-state index contributed by atoms with van der Waals surface area (Å²) in [5, 5.41) is 13.0. The van der Waals surface area contributed by atoms with E-state index in [2.05, 4.69) is 41.6 Å². The van der Waals surface area contributed by atoms with E-state index in [0.29, 0.717) is 12.1 Å². The third-order valence-corrected chi connectivity index (χ3v) is 4.15. The van der Waals surface area contributed by atoms with Gasteiger partial charge in [-0.15, -0.1) is 0 Å². The molecule has 0 aromatic heterocycles. The van der Waals surface area contributed by atoms with Gasteiger partial charge in [-0.2, -0.15) is 0 Å². The zero-order valence-corrected chi connectivity index (χ0v) is 14.5. The van der Waals surface area contributed by atoms with E-state index < -0.39 is 6.10 Å². The molecule has 2 rings (SSSR count). The molecular weight excluding hydrogens is 312 g/mol. The summed E-state index contributed by atoms with van der Waals surface area (Å²) >= 11 is 0. The molecule has 0 bridgehead atoms. The normalized spacial score (nSPS) is 16.3. The first-order chi connectivity index (χ1) is 12.1. The lowest BCUT2D eigenvalue weighted by molar-refractivity contribution is -0.117. The topological polar surface area (TPSA) is 52.6 Å². The van der Waals surface area contributed by atoms with E-state index >= 15 is 0 Å². The number of carbonyl (C=O) groups excluding carboxylic acids is 1. The minimum absolute atomic E-state index is 0.216. The Bertz CT molecular complexity index is 676. The van der Waals surface area contributed by atoms with Crippen LogP contribution >= 0.6 is 0 Å². The number of β-amino-alcohol motifs (C(OH)–C–C–N with tert-alkyl or cyclic N) is 1. The highest BCUT2D eigenvalue weighted by Crippen LogP contribution is 2.18. The smallest absolute Gasteiger partial charge is 0.251 e. The molecule has 0 saturated carbocycles. The molecule has 0 saturated heterocycles. The lowest BCUT2D eigenvalue weighted by atomic mass is 10.00. The van der Waals surface area contributed by atoms with Crippen molar-refractivity contribution in [3.8, 4) is 0 Å². The maximum atomic E-state index is 12.2. The number of rotatable bonds is 8. The quantitative estimate of drug-likeness (QED) is 0.565. The molecular formula is C21H26N2O2. The molecule has 132 valence electrons. The molecule has 4 nitrogen and oxygen atoms in total. The molecule has 1 aromatic carbocycles. The van der Waals surface area contributed by atoms with Crippen LogP contribution in [-0.2, 0) is 17.8 Å². The second-order valence-electron chi connectivity index (χ2n) is 6.07. The monoisotopic (exact) mass is 338 g/mol. The van der Waals surface area contributed by atoms with Gasteiger partial charge in [0.15, 0.2) is 0 Å². The summed E-state index contributed by atoms with van der Waals surface area (Å²) < 4.78 is 0. The Hall–Kier alpha value is -2.43. The second kappa shape index (κ2) is 9.77. The van der Waals surface area contributed by atoms with Crippen molar-refractivity contribution in [3.05, 3.63) is 84.5 Å². The third kappa shape index (κ3) is 5.85. The summed E-state index contributed by atoms with van der Waals surface area (Å²) in [6.45, 7) is 9.72. The predicted octanol–water partition coefficient (Wildman–Crippen LogP) is 2.38. The number of hydrogen-bond donors (Lipinski definition) is 2. The van der Waals surface area contributed by atoms with Gasteiger partial charge in [-0.25, -0.2) is 0 Å². The van der Waals surface area contributed by atoms with E-state index in [1.807, 2.05) is 6.07 Å². The van der Waals surface area contributed by atoms with Crippen LogP contribution in [0.4, 0.5) is 0 Å². The fourth-order valence-corrected chi connectivity index (χ4v) is 2.89. The number of fused-ring (bicyclic) bond motifs is 1. The van der Waals surface area contributed by atoms with E-state index in [0.717, 1.165) is 19.5 Å². The van der Waals surface area contributed by atoms with Crippen LogP contribution < -0.4 is 5.32 Å². The molecule has 1 amide bonds. The first kappa shape index (κ1) is 18.9. The Morgan fingerprint density at radius 1 is 1.28 bits per heavy atom. The first-order valence-corrected chi connectivity index (χ1v) is 8.51. The zero-order valence-electron chi connectivity index (χ0n) is 14.5. The first-order valence-electron chi connectivity index (χ1n) is 8.51. The van der Waals surface area contributed by atoms with Crippen LogP contribution in [0, 0.1) is 0 Å². The summed E-state index contributed by atoms with van der Waals surface area (Å²) in [7, 11) is 0. The van der Waals surface area contributed by atoms with Crippen LogP contribution in [0.25, 0.3) is 0 Å². The van der Waals surface area contributed by atoms with Crippen molar-refractivity contribution < 1.29 is 9.90 Å². The van der Waals surface area contributed by atoms with Crippen LogP contribution in [-0.4, -0.2) is 41.7 Å². The number of aliphatic hydroxyl groups is 1.